The van der Waals surface area contributed by atoms with Crippen LogP contribution in [-0.4, -0.2) is 50.1 Å². The number of ether oxygens (including phenoxy) is 1. The van der Waals surface area contributed by atoms with Crippen LogP contribution in [0, 0.1) is 0 Å². The third-order valence-electron chi connectivity index (χ3n) is 4.05. The second-order valence-electron chi connectivity index (χ2n) is 5.36. The van der Waals surface area contributed by atoms with E-state index in [1.165, 1.54) is 18.0 Å². The van der Waals surface area contributed by atoms with Gasteiger partial charge in [0, 0.05) is 13.5 Å². The van der Waals surface area contributed by atoms with Gasteiger partial charge >= 0.3 is 0 Å². The van der Waals surface area contributed by atoms with Gasteiger partial charge in [0.05, 0.1) is 25.1 Å². The fourth-order valence-corrected chi connectivity index (χ4v) is 2.88. The minimum absolute atomic E-state index is 0.0631. The molecule has 0 saturated heterocycles. The number of nitrogen functional groups attached to an aromatic ring is 1. The summed E-state index contributed by atoms with van der Waals surface area (Å²) in [6.07, 6.45) is 0.188. The summed E-state index contributed by atoms with van der Waals surface area (Å²) >= 11 is 0. The summed E-state index contributed by atoms with van der Waals surface area (Å²) in [6, 6.07) is -0.589. The van der Waals surface area contributed by atoms with Crippen molar-refractivity contribution in [2.24, 2.45) is 0 Å². The van der Waals surface area contributed by atoms with Gasteiger partial charge in [-0.3, -0.25) is 9.78 Å². The minimum atomic E-state index is -2.05. The number of hydrogen-bond donors (Lipinski definition) is 3. The number of aliphatic hydroxyl groups is 1. The van der Waals surface area contributed by atoms with Crippen LogP contribution < -0.4 is 11.3 Å². The summed E-state index contributed by atoms with van der Waals surface area (Å²) in [4.78, 5) is 22.2. The molecular formula is C13H16FN5O3. The second-order valence-corrected chi connectivity index (χ2v) is 5.36. The zero-order chi connectivity index (χ0) is 16.1. The highest BCUT2D eigenvalue weighted by molar-refractivity contribution is 5.71. The van der Waals surface area contributed by atoms with Crippen LogP contribution in [0.5, 0.6) is 0 Å². The Morgan fingerprint density at radius 2 is 2.45 bits per heavy atom. The van der Waals surface area contributed by atoms with Gasteiger partial charge in [-0.2, -0.15) is 4.98 Å². The number of nitrogens with zero attached hydrogens (tertiary/aromatic N) is 3. The predicted molar refractivity (Wildman–Crippen MR) is 77.1 cm³/mol. The third-order valence-corrected chi connectivity index (χ3v) is 4.05. The minimum Gasteiger partial charge on any atom is -0.389 e. The average Bonchev–Trinajstić information content (AvgIpc) is 2.95. The lowest BCUT2D eigenvalue weighted by atomic mass is 9.98. The molecular weight excluding hydrogens is 293 g/mol. The van der Waals surface area contributed by atoms with Gasteiger partial charge in [-0.25, -0.2) is 9.37 Å². The SMILES string of the molecule is C=C1[C@@H](n2cnc3c(=O)[nH]c(N)nc32)C[C@H](O)[C@@]1(F)COC. The van der Waals surface area contributed by atoms with Gasteiger partial charge in [0.15, 0.2) is 16.8 Å². The molecule has 2 heterocycles. The summed E-state index contributed by atoms with van der Waals surface area (Å²) in [5.74, 6) is -0.0631. The van der Waals surface area contributed by atoms with E-state index < -0.39 is 23.4 Å². The van der Waals surface area contributed by atoms with E-state index in [1.807, 2.05) is 0 Å². The van der Waals surface area contributed by atoms with Gasteiger partial charge in [0.2, 0.25) is 5.95 Å². The second kappa shape index (κ2) is 4.89. The number of hydrogen-bond acceptors (Lipinski definition) is 6. The van der Waals surface area contributed by atoms with Crippen molar-refractivity contribution in [1.29, 1.82) is 0 Å². The number of aromatic amines is 1. The molecule has 0 unspecified atom stereocenters. The van der Waals surface area contributed by atoms with Crippen LogP contribution in [-0.2, 0) is 4.74 Å². The monoisotopic (exact) mass is 309 g/mol. The predicted octanol–water partition coefficient (Wildman–Crippen LogP) is -0.0816. The van der Waals surface area contributed by atoms with Crippen molar-refractivity contribution in [2.75, 3.05) is 19.5 Å². The molecule has 2 aromatic heterocycles. The maximum Gasteiger partial charge on any atom is 0.280 e. The van der Waals surface area contributed by atoms with Crippen LogP contribution in [0.15, 0.2) is 23.3 Å². The molecule has 3 atom stereocenters. The van der Waals surface area contributed by atoms with Gasteiger partial charge in [0.25, 0.3) is 5.56 Å². The van der Waals surface area contributed by atoms with Crippen LogP contribution >= 0.6 is 0 Å². The topological polar surface area (TPSA) is 119 Å². The molecule has 4 N–H and O–H groups in total. The van der Waals surface area contributed by atoms with E-state index in [2.05, 4.69) is 21.5 Å². The van der Waals surface area contributed by atoms with E-state index in [0.29, 0.717) is 0 Å². The molecule has 8 nitrogen and oxygen atoms in total. The van der Waals surface area contributed by atoms with E-state index in [9.17, 15) is 14.3 Å². The van der Waals surface area contributed by atoms with Gasteiger partial charge in [-0.15, -0.1) is 0 Å². The first-order chi connectivity index (χ1) is 10.4. The van der Waals surface area contributed by atoms with Crippen LogP contribution in [0.2, 0.25) is 0 Å². The highest BCUT2D eigenvalue weighted by Crippen LogP contribution is 2.45. The van der Waals surface area contributed by atoms with E-state index in [-0.39, 0.29) is 35.7 Å². The smallest absolute Gasteiger partial charge is 0.280 e. The van der Waals surface area contributed by atoms with Crippen molar-refractivity contribution in [3.05, 3.63) is 28.8 Å². The van der Waals surface area contributed by atoms with Crippen LogP contribution in [0.3, 0.4) is 0 Å². The van der Waals surface area contributed by atoms with Gasteiger partial charge in [-0.1, -0.05) is 6.58 Å². The number of aliphatic hydroxyl groups excluding tert-OH is 1. The normalized spacial score (nSPS) is 28.6. The van der Waals surface area contributed by atoms with Crippen molar-refractivity contribution >= 4 is 17.1 Å². The van der Waals surface area contributed by atoms with Crippen LogP contribution in [0.1, 0.15) is 12.5 Å². The number of methoxy groups -OCH3 is 1. The van der Waals surface area contributed by atoms with E-state index >= 15 is 0 Å². The lowest BCUT2D eigenvalue weighted by Crippen LogP contribution is -2.38. The quantitative estimate of drug-likeness (QED) is 0.682. The summed E-state index contributed by atoms with van der Waals surface area (Å²) in [5.41, 5.74) is 3.48. The molecule has 0 amide bonds. The first kappa shape index (κ1) is 14.7. The first-order valence-electron chi connectivity index (χ1n) is 6.66. The van der Waals surface area contributed by atoms with E-state index in [1.54, 1.807) is 0 Å². The third kappa shape index (κ3) is 1.93. The fraction of sp³-hybridized carbons (Fsp3) is 0.462. The first-order valence-corrected chi connectivity index (χ1v) is 6.66. The number of nitrogens with one attached hydrogen (secondary N) is 1. The van der Waals surface area contributed by atoms with E-state index in [4.69, 9.17) is 10.5 Å². The zero-order valence-electron chi connectivity index (χ0n) is 11.9. The molecule has 0 spiro atoms. The summed E-state index contributed by atoms with van der Waals surface area (Å²) < 4.78 is 21.2. The Morgan fingerprint density at radius 3 is 3.14 bits per heavy atom. The van der Waals surface area contributed by atoms with Crippen LogP contribution in [0.4, 0.5) is 10.3 Å². The fourth-order valence-electron chi connectivity index (χ4n) is 2.88. The molecule has 22 heavy (non-hydrogen) atoms. The molecule has 3 rings (SSSR count). The number of aromatic nitrogens is 4. The Bertz CT molecular complexity index is 801. The number of fused-ring (bicyclic) bond motifs is 1. The van der Waals surface area contributed by atoms with E-state index in [0.717, 1.165) is 0 Å². The molecule has 9 heteroatoms. The number of H-pyrrole nitrogens is 1. The Hall–Kier alpha value is -2.26. The van der Waals surface area contributed by atoms with Crippen LogP contribution in [0.25, 0.3) is 11.2 Å². The average molecular weight is 309 g/mol. The number of halogens is 1. The van der Waals surface area contributed by atoms with Gasteiger partial charge < -0.3 is 20.1 Å². The highest BCUT2D eigenvalue weighted by atomic mass is 19.1. The van der Waals surface area contributed by atoms with Gasteiger partial charge in [-0.05, 0) is 5.57 Å². The standard InChI is InChI=1S/C13H16FN5O3/c1-6-7(3-8(20)13(6,14)4-22-2)19-5-16-9-10(19)17-12(15)18-11(9)21/h5,7-8,20H,1,3-4H2,2H3,(H3,15,17,18,21)/t7-,8-,13+/m0/s1. The lowest BCUT2D eigenvalue weighted by molar-refractivity contribution is -0.0166. The number of imidazole rings is 1. The number of anilines is 1. The maximum absolute atomic E-state index is 14.9. The Kier molecular flexibility index (Phi) is 3.26. The van der Waals surface area contributed by atoms with Gasteiger partial charge in [0.1, 0.15) is 0 Å². The van der Waals surface area contributed by atoms with Crippen molar-refractivity contribution in [1.82, 2.24) is 19.5 Å². The molecule has 0 aromatic carbocycles. The molecule has 0 bridgehead atoms. The molecule has 2 aromatic rings. The molecule has 1 aliphatic carbocycles. The number of alkyl halides is 1. The summed E-state index contributed by atoms with van der Waals surface area (Å²) in [6.45, 7) is 3.46. The molecule has 0 aliphatic heterocycles. The number of rotatable bonds is 3. The van der Waals surface area contributed by atoms with Crippen molar-refractivity contribution in [3.8, 4) is 0 Å². The molecule has 1 saturated carbocycles. The Balaban J connectivity index is 2.10. The highest BCUT2D eigenvalue weighted by Gasteiger charge is 2.51. The van der Waals surface area contributed by atoms with Crippen molar-refractivity contribution in [2.45, 2.75) is 24.2 Å². The summed E-state index contributed by atoms with van der Waals surface area (Å²) in [5, 5.41) is 10.0. The van der Waals surface area contributed by atoms with Crippen molar-refractivity contribution in [3.63, 3.8) is 0 Å². The Morgan fingerprint density at radius 1 is 1.73 bits per heavy atom. The number of nitrogens with two attached hydrogens (primary N) is 1. The largest absolute Gasteiger partial charge is 0.389 e. The molecule has 1 fully saturated rings. The lowest BCUT2D eigenvalue weighted by Gasteiger charge is -2.24. The molecule has 118 valence electrons. The molecule has 0 radical (unpaired) electrons. The maximum atomic E-state index is 14.9. The Labute approximate surface area is 124 Å². The zero-order valence-corrected chi connectivity index (χ0v) is 11.9. The summed E-state index contributed by atoms with van der Waals surface area (Å²) in [7, 11) is 1.35. The van der Waals surface area contributed by atoms with Crippen molar-refractivity contribution < 1.29 is 14.2 Å². The molecule has 1 aliphatic rings.